The molecule has 0 saturated heterocycles. The molecule has 3 aromatic rings. The lowest BCUT2D eigenvalue weighted by molar-refractivity contribution is 0.0945. The Kier molecular flexibility index (Phi) is 6.17. The first-order chi connectivity index (χ1) is 13.6. The third-order valence-corrected chi connectivity index (χ3v) is 4.43. The first-order valence-corrected chi connectivity index (χ1v) is 9.27. The number of anilines is 1. The van der Waals surface area contributed by atoms with E-state index in [9.17, 15) is 9.59 Å². The van der Waals surface area contributed by atoms with Crippen molar-refractivity contribution < 1.29 is 9.59 Å². The first kappa shape index (κ1) is 19.3. The van der Waals surface area contributed by atoms with Gasteiger partial charge < -0.3 is 10.6 Å². The molecule has 2 N–H and O–H groups in total. The number of amides is 2. The van der Waals surface area contributed by atoms with Gasteiger partial charge in [-0.3, -0.25) is 9.59 Å². The highest BCUT2D eigenvalue weighted by Gasteiger charge is 2.13. The molecular weight excluding hydrogens is 350 g/mol. The Morgan fingerprint density at radius 3 is 2.25 bits per heavy atom. The molecule has 2 amide bonds. The van der Waals surface area contributed by atoms with Crippen molar-refractivity contribution in [3.05, 3.63) is 94.8 Å². The van der Waals surface area contributed by atoms with Crippen LogP contribution in [0.3, 0.4) is 0 Å². The van der Waals surface area contributed by atoms with Gasteiger partial charge in [0.25, 0.3) is 11.8 Å². The molecule has 5 nitrogen and oxygen atoms in total. The summed E-state index contributed by atoms with van der Waals surface area (Å²) in [6.45, 7) is 4.45. The van der Waals surface area contributed by atoms with Crippen molar-refractivity contribution in [2.45, 2.75) is 26.8 Å². The molecule has 3 rings (SSSR count). The fourth-order valence-electron chi connectivity index (χ4n) is 2.80. The van der Waals surface area contributed by atoms with Crippen LogP contribution in [-0.4, -0.2) is 16.8 Å². The number of nitrogens with zero attached hydrogens (tertiary/aromatic N) is 1. The lowest BCUT2D eigenvalue weighted by Crippen LogP contribution is -2.25. The molecule has 0 radical (unpaired) electrons. The fourth-order valence-corrected chi connectivity index (χ4v) is 2.80. The molecule has 0 spiro atoms. The third kappa shape index (κ3) is 4.82. The number of carbonyl (C=O) groups is 2. The molecule has 1 aromatic heterocycles. The van der Waals surface area contributed by atoms with Crippen LogP contribution in [0.2, 0.25) is 0 Å². The van der Waals surface area contributed by atoms with Crippen molar-refractivity contribution in [2.75, 3.05) is 5.32 Å². The number of aryl methyl sites for hydroxylation is 2. The zero-order valence-electron chi connectivity index (χ0n) is 16.0. The maximum atomic E-state index is 12.6. The Labute approximate surface area is 164 Å². The van der Waals surface area contributed by atoms with Crippen LogP contribution in [-0.2, 0) is 13.0 Å². The average Bonchev–Trinajstić information content (AvgIpc) is 2.73. The molecule has 2 aromatic carbocycles. The monoisotopic (exact) mass is 373 g/mol. The lowest BCUT2D eigenvalue weighted by atomic mass is 10.1. The summed E-state index contributed by atoms with van der Waals surface area (Å²) < 4.78 is 0. The molecule has 0 bridgehead atoms. The second kappa shape index (κ2) is 8.95. The summed E-state index contributed by atoms with van der Waals surface area (Å²) in [5.74, 6) is -0.654. The summed E-state index contributed by atoms with van der Waals surface area (Å²) in [6.07, 6.45) is 0.811. The molecule has 0 unspecified atom stereocenters. The molecule has 5 heteroatoms. The maximum absolute atomic E-state index is 12.6. The Morgan fingerprint density at radius 2 is 1.54 bits per heavy atom. The van der Waals surface area contributed by atoms with Gasteiger partial charge >= 0.3 is 0 Å². The van der Waals surface area contributed by atoms with E-state index in [2.05, 4.69) is 15.6 Å². The standard InChI is InChI=1S/C23H23N3O2/c1-3-18-7-4-5-8-19(18)26-23(28)21-10-6-9-20(25-21)22(27)24-15-17-13-11-16(2)12-14-17/h4-14H,3,15H2,1-2H3,(H,24,27)(H,26,28). The average molecular weight is 373 g/mol. The second-order valence-corrected chi connectivity index (χ2v) is 6.54. The number of carbonyl (C=O) groups excluding carboxylic acids is 2. The van der Waals surface area contributed by atoms with Crippen molar-refractivity contribution in [1.29, 1.82) is 0 Å². The minimum absolute atomic E-state index is 0.203. The minimum atomic E-state index is -0.339. The highest BCUT2D eigenvalue weighted by atomic mass is 16.2. The highest BCUT2D eigenvalue weighted by molar-refractivity contribution is 6.04. The van der Waals surface area contributed by atoms with E-state index in [1.165, 1.54) is 5.56 Å². The van der Waals surface area contributed by atoms with E-state index in [0.29, 0.717) is 6.54 Å². The number of hydrogen-bond acceptors (Lipinski definition) is 3. The topological polar surface area (TPSA) is 71.1 Å². The van der Waals surface area contributed by atoms with Gasteiger partial charge in [0.15, 0.2) is 0 Å². The van der Waals surface area contributed by atoms with Crippen LogP contribution in [0.1, 0.15) is 44.6 Å². The van der Waals surface area contributed by atoms with Crippen molar-refractivity contribution >= 4 is 17.5 Å². The van der Waals surface area contributed by atoms with Gasteiger partial charge in [-0.2, -0.15) is 0 Å². The fraction of sp³-hybridized carbons (Fsp3) is 0.174. The number of pyridine rings is 1. The Hall–Kier alpha value is -3.47. The van der Waals surface area contributed by atoms with Gasteiger partial charge in [-0.05, 0) is 42.7 Å². The van der Waals surface area contributed by atoms with Gasteiger partial charge in [-0.15, -0.1) is 0 Å². The minimum Gasteiger partial charge on any atom is -0.347 e. The van der Waals surface area contributed by atoms with Crippen LogP contribution in [0, 0.1) is 6.92 Å². The second-order valence-electron chi connectivity index (χ2n) is 6.54. The van der Waals surface area contributed by atoms with E-state index < -0.39 is 0 Å². The SMILES string of the molecule is CCc1ccccc1NC(=O)c1cccc(C(=O)NCc2ccc(C)cc2)n1. The third-order valence-electron chi connectivity index (χ3n) is 4.43. The van der Waals surface area contributed by atoms with Crippen molar-refractivity contribution in [3.8, 4) is 0 Å². The number of benzene rings is 2. The van der Waals surface area contributed by atoms with Gasteiger partial charge in [0, 0.05) is 12.2 Å². The van der Waals surface area contributed by atoms with Gasteiger partial charge in [0.05, 0.1) is 0 Å². The van der Waals surface area contributed by atoms with Crippen molar-refractivity contribution in [2.24, 2.45) is 0 Å². The van der Waals surface area contributed by atoms with Crippen LogP contribution in [0.25, 0.3) is 0 Å². The van der Waals surface area contributed by atoms with E-state index in [0.717, 1.165) is 23.2 Å². The van der Waals surface area contributed by atoms with E-state index in [1.54, 1.807) is 18.2 Å². The van der Waals surface area contributed by atoms with E-state index >= 15 is 0 Å². The quantitative estimate of drug-likeness (QED) is 0.682. The molecule has 0 aliphatic rings. The van der Waals surface area contributed by atoms with Crippen LogP contribution in [0.4, 0.5) is 5.69 Å². The van der Waals surface area contributed by atoms with Crippen LogP contribution in [0.15, 0.2) is 66.7 Å². The predicted molar refractivity (Wildman–Crippen MR) is 110 cm³/mol. The summed E-state index contributed by atoms with van der Waals surface area (Å²) in [4.78, 5) is 29.2. The molecule has 0 fully saturated rings. The summed E-state index contributed by atoms with van der Waals surface area (Å²) in [5, 5.41) is 5.71. The maximum Gasteiger partial charge on any atom is 0.274 e. The lowest BCUT2D eigenvalue weighted by Gasteiger charge is -2.10. The predicted octanol–water partition coefficient (Wildman–Crippen LogP) is 4.13. The molecule has 0 aliphatic carbocycles. The number of aromatic nitrogens is 1. The number of rotatable bonds is 6. The molecular formula is C23H23N3O2. The summed E-state index contributed by atoms with van der Waals surface area (Å²) in [6, 6.07) is 20.4. The molecule has 0 atom stereocenters. The smallest absolute Gasteiger partial charge is 0.274 e. The Balaban J connectivity index is 1.68. The normalized spacial score (nSPS) is 10.4. The zero-order chi connectivity index (χ0) is 19.9. The van der Waals surface area contributed by atoms with Crippen LogP contribution in [0.5, 0.6) is 0 Å². The molecule has 142 valence electrons. The number of para-hydroxylation sites is 1. The largest absolute Gasteiger partial charge is 0.347 e. The van der Waals surface area contributed by atoms with E-state index in [4.69, 9.17) is 0 Å². The first-order valence-electron chi connectivity index (χ1n) is 9.27. The molecule has 28 heavy (non-hydrogen) atoms. The van der Waals surface area contributed by atoms with E-state index in [-0.39, 0.29) is 23.2 Å². The van der Waals surface area contributed by atoms with Crippen LogP contribution >= 0.6 is 0 Å². The number of nitrogens with one attached hydrogen (secondary N) is 2. The summed E-state index contributed by atoms with van der Waals surface area (Å²) >= 11 is 0. The van der Waals surface area contributed by atoms with Gasteiger partial charge in [0.1, 0.15) is 11.4 Å². The van der Waals surface area contributed by atoms with Crippen molar-refractivity contribution in [3.63, 3.8) is 0 Å². The van der Waals surface area contributed by atoms with E-state index in [1.807, 2.05) is 62.4 Å². The van der Waals surface area contributed by atoms with Gasteiger partial charge in [0.2, 0.25) is 0 Å². The summed E-state index contributed by atoms with van der Waals surface area (Å²) in [7, 11) is 0. The highest BCUT2D eigenvalue weighted by Crippen LogP contribution is 2.16. The Bertz CT molecular complexity index is 981. The van der Waals surface area contributed by atoms with Crippen molar-refractivity contribution in [1.82, 2.24) is 10.3 Å². The number of hydrogen-bond donors (Lipinski definition) is 2. The summed E-state index contributed by atoms with van der Waals surface area (Å²) in [5.41, 5.74) is 4.38. The van der Waals surface area contributed by atoms with Gasteiger partial charge in [-0.1, -0.05) is 61.0 Å². The van der Waals surface area contributed by atoms with Crippen LogP contribution < -0.4 is 10.6 Å². The Morgan fingerprint density at radius 1 is 0.857 bits per heavy atom. The van der Waals surface area contributed by atoms with Gasteiger partial charge in [-0.25, -0.2) is 4.98 Å². The molecule has 0 saturated carbocycles. The molecule has 1 heterocycles. The zero-order valence-corrected chi connectivity index (χ0v) is 16.0. The molecule has 0 aliphatic heterocycles.